The van der Waals surface area contributed by atoms with Gasteiger partial charge in [-0.05, 0) is 49.9 Å². The van der Waals surface area contributed by atoms with Gasteiger partial charge in [-0.25, -0.2) is 4.39 Å². The molecule has 116 valence electrons. The van der Waals surface area contributed by atoms with Gasteiger partial charge < -0.3 is 5.32 Å². The van der Waals surface area contributed by atoms with Crippen molar-refractivity contribution in [1.82, 2.24) is 4.90 Å². The monoisotopic (exact) mass is 320 g/mol. The van der Waals surface area contributed by atoms with Gasteiger partial charge in [-0.2, -0.15) is 0 Å². The summed E-state index contributed by atoms with van der Waals surface area (Å²) in [5, 5.41) is 3.39. The van der Waals surface area contributed by atoms with Crippen molar-refractivity contribution in [1.29, 1.82) is 0 Å². The highest BCUT2D eigenvalue weighted by atomic mass is 35.5. The lowest BCUT2D eigenvalue weighted by Gasteiger charge is -2.24. The van der Waals surface area contributed by atoms with Gasteiger partial charge in [-0.15, -0.1) is 0 Å². The molecule has 5 heteroatoms. The first kappa shape index (κ1) is 16.5. The Bertz CT molecular complexity index is 663. The van der Waals surface area contributed by atoms with Gasteiger partial charge in [0.05, 0.1) is 6.04 Å². The van der Waals surface area contributed by atoms with E-state index in [4.69, 9.17) is 11.6 Å². The summed E-state index contributed by atoms with van der Waals surface area (Å²) in [6.07, 6.45) is 0. The molecule has 2 aromatic carbocycles. The molecule has 0 aliphatic carbocycles. The first-order chi connectivity index (χ1) is 10.5. The Hall–Kier alpha value is -1.91. The van der Waals surface area contributed by atoms with Gasteiger partial charge in [0.2, 0.25) is 5.91 Å². The molecule has 0 aliphatic rings. The maximum atomic E-state index is 13.2. The van der Waals surface area contributed by atoms with Crippen molar-refractivity contribution in [2.45, 2.75) is 19.5 Å². The number of amides is 1. The third kappa shape index (κ3) is 4.55. The van der Waals surface area contributed by atoms with Gasteiger partial charge in [-0.3, -0.25) is 9.69 Å². The molecule has 0 aromatic heterocycles. The van der Waals surface area contributed by atoms with Gasteiger partial charge in [-0.1, -0.05) is 29.8 Å². The quantitative estimate of drug-likeness (QED) is 0.905. The van der Waals surface area contributed by atoms with E-state index in [-0.39, 0.29) is 17.8 Å². The Morgan fingerprint density at radius 2 is 2.00 bits per heavy atom. The lowest BCUT2D eigenvalue weighted by molar-refractivity contribution is -0.120. The molecule has 3 nitrogen and oxygen atoms in total. The summed E-state index contributed by atoms with van der Waals surface area (Å²) in [5.74, 6) is -0.414. The summed E-state index contributed by atoms with van der Waals surface area (Å²) in [7, 11) is 1.83. The molecule has 0 bridgehead atoms. The number of benzene rings is 2. The molecule has 2 aromatic rings. The van der Waals surface area contributed by atoms with Gasteiger partial charge in [0, 0.05) is 17.3 Å². The SMILES string of the molecule is C[C@@H](C(=O)Nc1cccc(Cl)c1)N(C)Cc1cccc(F)c1. The molecule has 1 N–H and O–H groups in total. The van der Waals surface area contributed by atoms with Crippen LogP contribution in [0.3, 0.4) is 0 Å². The minimum Gasteiger partial charge on any atom is -0.325 e. The first-order valence-corrected chi connectivity index (χ1v) is 7.34. The molecule has 22 heavy (non-hydrogen) atoms. The minimum absolute atomic E-state index is 0.138. The van der Waals surface area contributed by atoms with E-state index < -0.39 is 0 Å². The van der Waals surface area contributed by atoms with Crippen LogP contribution in [-0.4, -0.2) is 23.9 Å². The lowest BCUT2D eigenvalue weighted by atomic mass is 10.2. The molecule has 0 saturated heterocycles. The molecule has 1 atom stereocenters. The number of anilines is 1. The number of rotatable bonds is 5. The van der Waals surface area contributed by atoms with E-state index in [1.807, 2.05) is 18.0 Å². The van der Waals surface area contributed by atoms with E-state index in [2.05, 4.69) is 5.32 Å². The Labute approximate surface area is 134 Å². The van der Waals surface area contributed by atoms with Gasteiger partial charge in [0.1, 0.15) is 5.82 Å². The summed E-state index contributed by atoms with van der Waals surface area (Å²) < 4.78 is 13.2. The van der Waals surface area contributed by atoms with Crippen molar-refractivity contribution in [2.75, 3.05) is 12.4 Å². The van der Waals surface area contributed by atoms with Crippen LogP contribution in [0.25, 0.3) is 0 Å². The van der Waals surface area contributed by atoms with E-state index in [9.17, 15) is 9.18 Å². The summed E-state index contributed by atoms with van der Waals surface area (Å²) in [6, 6.07) is 13.0. The number of nitrogens with zero attached hydrogens (tertiary/aromatic N) is 1. The number of likely N-dealkylation sites (N-methyl/N-ethyl adjacent to an activating group) is 1. The molecule has 0 spiro atoms. The van der Waals surface area contributed by atoms with Crippen molar-refractivity contribution < 1.29 is 9.18 Å². The van der Waals surface area contributed by atoms with Crippen molar-refractivity contribution >= 4 is 23.2 Å². The van der Waals surface area contributed by atoms with E-state index >= 15 is 0 Å². The molecule has 0 heterocycles. The highest BCUT2D eigenvalue weighted by Crippen LogP contribution is 2.16. The van der Waals surface area contributed by atoms with Crippen LogP contribution in [0.2, 0.25) is 5.02 Å². The van der Waals surface area contributed by atoms with Crippen molar-refractivity contribution in [3.63, 3.8) is 0 Å². The number of hydrogen-bond donors (Lipinski definition) is 1. The summed E-state index contributed by atoms with van der Waals surface area (Å²) >= 11 is 5.90. The Morgan fingerprint density at radius 3 is 2.68 bits per heavy atom. The number of carbonyl (C=O) groups excluding carboxylic acids is 1. The Balaban J connectivity index is 1.97. The van der Waals surface area contributed by atoms with Crippen molar-refractivity contribution in [2.24, 2.45) is 0 Å². The van der Waals surface area contributed by atoms with Crippen molar-refractivity contribution in [3.05, 3.63) is 64.9 Å². The van der Waals surface area contributed by atoms with Gasteiger partial charge >= 0.3 is 0 Å². The number of halogens is 2. The van der Waals surface area contributed by atoms with Gasteiger partial charge in [0.15, 0.2) is 0 Å². The predicted octanol–water partition coefficient (Wildman–Crippen LogP) is 3.94. The van der Waals surface area contributed by atoms with Crippen LogP contribution in [0.1, 0.15) is 12.5 Å². The van der Waals surface area contributed by atoms with E-state index in [1.54, 1.807) is 37.3 Å². The van der Waals surface area contributed by atoms with Crippen LogP contribution < -0.4 is 5.32 Å². The zero-order valence-electron chi connectivity index (χ0n) is 12.5. The molecule has 0 fully saturated rings. The standard InChI is InChI=1S/C17H18ClFN2O/c1-12(17(22)20-16-8-4-6-14(18)10-16)21(2)11-13-5-3-7-15(19)9-13/h3-10,12H,11H2,1-2H3,(H,20,22)/t12-/m0/s1. The number of carbonyl (C=O) groups is 1. The molecule has 1 amide bonds. The van der Waals surface area contributed by atoms with Crippen LogP contribution in [0.4, 0.5) is 10.1 Å². The Morgan fingerprint density at radius 1 is 1.27 bits per heavy atom. The highest BCUT2D eigenvalue weighted by molar-refractivity contribution is 6.30. The number of hydrogen-bond acceptors (Lipinski definition) is 2. The second-order valence-corrected chi connectivity index (χ2v) is 5.66. The van der Waals surface area contributed by atoms with Crippen LogP contribution >= 0.6 is 11.6 Å². The van der Waals surface area contributed by atoms with E-state index in [1.165, 1.54) is 12.1 Å². The van der Waals surface area contributed by atoms with E-state index in [0.717, 1.165) is 5.56 Å². The zero-order valence-corrected chi connectivity index (χ0v) is 13.3. The average Bonchev–Trinajstić information content (AvgIpc) is 2.46. The smallest absolute Gasteiger partial charge is 0.241 e. The lowest BCUT2D eigenvalue weighted by Crippen LogP contribution is -2.39. The maximum absolute atomic E-state index is 13.2. The fourth-order valence-corrected chi connectivity index (χ4v) is 2.26. The van der Waals surface area contributed by atoms with E-state index in [0.29, 0.717) is 17.3 Å². The molecule has 0 aliphatic heterocycles. The van der Waals surface area contributed by atoms with Crippen LogP contribution in [0.15, 0.2) is 48.5 Å². The van der Waals surface area contributed by atoms with Crippen LogP contribution in [-0.2, 0) is 11.3 Å². The molecule has 0 radical (unpaired) electrons. The first-order valence-electron chi connectivity index (χ1n) is 6.97. The Kier molecular flexibility index (Phi) is 5.52. The molecular weight excluding hydrogens is 303 g/mol. The fraction of sp³-hybridized carbons (Fsp3) is 0.235. The fourth-order valence-electron chi connectivity index (χ4n) is 2.07. The molecule has 0 saturated carbocycles. The predicted molar refractivity (Wildman–Crippen MR) is 87.4 cm³/mol. The maximum Gasteiger partial charge on any atom is 0.241 e. The third-order valence-corrected chi connectivity index (χ3v) is 3.69. The zero-order chi connectivity index (χ0) is 16.1. The largest absolute Gasteiger partial charge is 0.325 e. The second kappa shape index (κ2) is 7.38. The summed E-state index contributed by atoms with van der Waals surface area (Å²) in [5.41, 5.74) is 1.48. The topological polar surface area (TPSA) is 32.3 Å². The van der Waals surface area contributed by atoms with Crippen LogP contribution in [0.5, 0.6) is 0 Å². The van der Waals surface area contributed by atoms with Gasteiger partial charge in [0.25, 0.3) is 0 Å². The van der Waals surface area contributed by atoms with Crippen LogP contribution in [0, 0.1) is 5.82 Å². The second-order valence-electron chi connectivity index (χ2n) is 5.22. The molecule has 2 rings (SSSR count). The molecular formula is C17H18ClFN2O. The minimum atomic E-state index is -0.359. The summed E-state index contributed by atoms with van der Waals surface area (Å²) in [4.78, 5) is 14.1. The average molecular weight is 321 g/mol. The number of nitrogens with one attached hydrogen (secondary N) is 1. The third-order valence-electron chi connectivity index (χ3n) is 3.45. The highest BCUT2D eigenvalue weighted by Gasteiger charge is 2.18. The molecule has 0 unspecified atom stereocenters. The normalized spacial score (nSPS) is 12.2. The summed E-state index contributed by atoms with van der Waals surface area (Å²) in [6.45, 7) is 2.29. The van der Waals surface area contributed by atoms with Crippen molar-refractivity contribution in [3.8, 4) is 0 Å².